The first-order chi connectivity index (χ1) is 11.4. The van der Waals surface area contributed by atoms with Crippen molar-refractivity contribution < 1.29 is 4.79 Å². The molecule has 2 aromatic rings. The number of carbonyl (C=O) groups is 1. The molecule has 8 heteroatoms. The molecule has 0 bridgehead atoms. The highest BCUT2D eigenvalue weighted by Gasteiger charge is 2.28. The lowest BCUT2D eigenvalue weighted by Crippen LogP contribution is -2.53. The van der Waals surface area contributed by atoms with Gasteiger partial charge in [0.2, 0.25) is 0 Å². The van der Waals surface area contributed by atoms with E-state index in [1.807, 2.05) is 33.8 Å². The van der Waals surface area contributed by atoms with E-state index in [0.29, 0.717) is 17.4 Å². The van der Waals surface area contributed by atoms with Crippen molar-refractivity contribution in [1.82, 2.24) is 20.1 Å². The Labute approximate surface area is 159 Å². The summed E-state index contributed by atoms with van der Waals surface area (Å²) in [6.07, 6.45) is 1.47. The predicted molar refractivity (Wildman–Crippen MR) is 103 cm³/mol. The Hall–Kier alpha value is -1.63. The number of pyridine rings is 1. The number of aromatic nitrogens is 3. The van der Waals surface area contributed by atoms with Gasteiger partial charge in [-0.05, 0) is 44.9 Å². The smallest absolute Gasteiger partial charge is 0.271 e. The molecule has 0 radical (unpaired) electrons. The fraction of sp³-hybridized carbons (Fsp3) is 0.471. The molecule has 0 unspecified atom stereocenters. The number of amides is 1. The van der Waals surface area contributed by atoms with Crippen molar-refractivity contribution in [3.05, 3.63) is 40.3 Å². The van der Waals surface area contributed by atoms with Gasteiger partial charge in [0.05, 0.1) is 16.3 Å². The van der Waals surface area contributed by atoms with Crippen LogP contribution in [-0.2, 0) is 0 Å². The van der Waals surface area contributed by atoms with Gasteiger partial charge in [-0.25, -0.2) is 9.67 Å². The Balaban J connectivity index is 0.00000312. The maximum absolute atomic E-state index is 12.7. The van der Waals surface area contributed by atoms with Crippen molar-refractivity contribution in [2.24, 2.45) is 5.73 Å². The summed E-state index contributed by atoms with van der Waals surface area (Å²) in [5.41, 5.74) is 7.41. The summed E-state index contributed by atoms with van der Waals surface area (Å²) in [6.45, 7) is 8.20. The number of nitrogens with zero attached hydrogens (tertiary/aromatic N) is 3. The zero-order valence-electron chi connectivity index (χ0n) is 15.0. The summed E-state index contributed by atoms with van der Waals surface area (Å²) in [6, 6.07) is 5.36. The van der Waals surface area contributed by atoms with Gasteiger partial charge in [0.15, 0.2) is 5.82 Å². The third-order valence-electron chi connectivity index (χ3n) is 4.40. The van der Waals surface area contributed by atoms with Crippen LogP contribution < -0.4 is 11.1 Å². The van der Waals surface area contributed by atoms with Gasteiger partial charge in [0.25, 0.3) is 5.91 Å². The van der Waals surface area contributed by atoms with E-state index in [0.717, 1.165) is 24.2 Å². The highest BCUT2D eigenvalue weighted by molar-refractivity contribution is 6.33. The van der Waals surface area contributed by atoms with Crippen LogP contribution in [0.3, 0.4) is 0 Å². The zero-order valence-corrected chi connectivity index (χ0v) is 16.5. The minimum Gasteiger partial charge on any atom is -0.344 e. The summed E-state index contributed by atoms with van der Waals surface area (Å²) in [5, 5.41) is 7.69. The van der Waals surface area contributed by atoms with Gasteiger partial charge in [0, 0.05) is 12.2 Å². The van der Waals surface area contributed by atoms with Gasteiger partial charge in [-0.2, -0.15) is 5.10 Å². The van der Waals surface area contributed by atoms with E-state index < -0.39 is 5.54 Å². The minimum absolute atomic E-state index is 0. The average Bonchev–Trinajstić information content (AvgIpc) is 2.91. The summed E-state index contributed by atoms with van der Waals surface area (Å²) in [4.78, 5) is 17.1. The van der Waals surface area contributed by atoms with Crippen LogP contribution in [0, 0.1) is 13.8 Å². The largest absolute Gasteiger partial charge is 0.344 e. The first kappa shape index (κ1) is 21.4. The topological polar surface area (TPSA) is 85.8 Å². The quantitative estimate of drug-likeness (QED) is 0.798. The van der Waals surface area contributed by atoms with Crippen LogP contribution in [0.1, 0.15) is 48.6 Å². The van der Waals surface area contributed by atoms with Crippen LogP contribution in [0.25, 0.3) is 5.82 Å². The first-order valence-corrected chi connectivity index (χ1v) is 8.46. The van der Waals surface area contributed by atoms with Crippen molar-refractivity contribution >= 4 is 29.9 Å². The maximum Gasteiger partial charge on any atom is 0.271 e. The molecule has 3 N–H and O–H groups in total. The lowest BCUT2D eigenvalue weighted by Gasteiger charge is -2.31. The third-order valence-corrected chi connectivity index (χ3v) is 4.70. The Morgan fingerprint density at radius 1 is 1.32 bits per heavy atom. The number of aryl methyl sites for hydroxylation is 2. The fourth-order valence-corrected chi connectivity index (χ4v) is 2.83. The maximum atomic E-state index is 12.7. The second-order valence-corrected chi connectivity index (χ2v) is 6.39. The van der Waals surface area contributed by atoms with Gasteiger partial charge >= 0.3 is 0 Å². The number of carbonyl (C=O) groups excluding carboxylic acids is 1. The van der Waals surface area contributed by atoms with Gasteiger partial charge in [-0.15, -0.1) is 12.4 Å². The fourth-order valence-electron chi connectivity index (χ4n) is 2.64. The van der Waals surface area contributed by atoms with E-state index in [2.05, 4.69) is 15.4 Å². The number of nitrogens with one attached hydrogen (secondary N) is 1. The molecular weight excluding hydrogens is 361 g/mol. The molecule has 0 fully saturated rings. The molecule has 0 aromatic carbocycles. The molecule has 0 spiro atoms. The highest BCUT2D eigenvalue weighted by atomic mass is 35.5. The van der Waals surface area contributed by atoms with Crippen molar-refractivity contribution in [1.29, 1.82) is 0 Å². The number of rotatable bonds is 6. The van der Waals surface area contributed by atoms with Crippen LogP contribution in [0.4, 0.5) is 0 Å². The van der Waals surface area contributed by atoms with E-state index >= 15 is 0 Å². The van der Waals surface area contributed by atoms with Crippen molar-refractivity contribution in [2.75, 3.05) is 6.54 Å². The Morgan fingerprint density at radius 2 is 1.96 bits per heavy atom. The molecule has 1 amide bonds. The van der Waals surface area contributed by atoms with Crippen LogP contribution in [-0.4, -0.2) is 32.8 Å². The molecule has 2 heterocycles. The molecule has 0 saturated heterocycles. The number of nitrogens with two attached hydrogens (primary N) is 1. The molecule has 0 saturated carbocycles. The summed E-state index contributed by atoms with van der Waals surface area (Å²) in [5.74, 6) is 0.235. The Kier molecular flexibility index (Phi) is 7.41. The first-order valence-electron chi connectivity index (χ1n) is 8.08. The normalized spacial score (nSPS) is 11.1. The van der Waals surface area contributed by atoms with E-state index in [-0.39, 0.29) is 24.0 Å². The van der Waals surface area contributed by atoms with Crippen molar-refractivity contribution in [3.63, 3.8) is 0 Å². The molecule has 0 atom stereocenters. The van der Waals surface area contributed by atoms with E-state index in [1.54, 1.807) is 16.8 Å². The van der Waals surface area contributed by atoms with Gasteiger partial charge in [-0.1, -0.05) is 25.4 Å². The SMILES string of the molecule is CCC(CC)(CN)NC(=O)c1nc(-n2nc(C)cc2C)ccc1Cl.Cl. The molecule has 6 nitrogen and oxygen atoms in total. The molecule has 2 aromatic heterocycles. The van der Waals surface area contributed by atoms with Crippen LogP contribution in [0.5, 0.6) is 0 Å². The molecule has 0 aliphatic heterocycles. The Morgan fingerprint density at radius 3 is 2.44 bits per heavy atom. The molecule has 2 rings (SSSR count). The Bertz CT molecular complexity index is 732. The van der Waals surface area contributed by atoms with E-state index in [4.69, 9.17) is 17.3 Å². The lowest BCUT2D eigenvalue weighted by atomic mass is 9.93. The summed E-state index contributed by atoms with van der Waals surface area (Å²) < 4.78 is 1.69. The number of hydrogen-bond acceptors (Lipinski definition) is 4. The van der Waals surface area contributed by atoms with Crippen molar-refractivity contribution in [3.8, 4) is 5.82 Å². The molecular formula is C17H25Cl2N5O. The molecule has 0 aliphatic carbocycles. The minimum atomic E-state index is -0.448. The number of halogens is 2. The highest BCUT2D eigenvalue weighted by Crippen LogP contribution is 2.20. The van der Waals surface area contributed by atoms with Crippen LogP contribution >= 0.6 is 24.0 Å². The molecule has 25 heavy (non-hydrogen) atoms. The monoisotopic (exact) mass is 385 g/mol. The third kappa shape index (κ3) is 4.51. The second kappa shape index (κ2) is 8.65. The summed E-state index contributed by atoms with van der Waals surface area (Å²) in [7, 11) is 0. The predicted octanol–water partition coefficient (Wildman–Crippen LogP) is 3.21. The zero-order chi connectivity index (χ0) is 17.9. The lowest BCUT2D eigenvalue weighted by molar-refractivity contribution is 0.0890. The number of hydrogen-bond donors (Lipinski definition) is 2. The van der Waals surface area contributed by atoms with Gasteiger partial charge in [-0.3, -0.25) is 4.79 Å². The summed E-state index contributed by atoms with van der Waals surface area (Å²) >= 11 is 6.20. The molecule has 0 aliphatic rings. The van der Waals surface area contributed by atoms with Gasteiger partial charge < -0.3 is 11.1 Å². The van der Waals surface area contributed by atoms with Crippen molar-refractivity contribution in [2.45, 2.75) is 46.1 Å². The average molecular weight is 386 g/mol. The van der Waals surface area contributed by atoms with E-state index in [9.17, 15) is 4.79 Å². The van der Waals surface area contributed by atoms with Crippen LogP contribution in [0.15, 0.2) is 18.2 Å². The second-order valence-electron chi connectivity index (χ2n) is 5.98. The van der Waals surface area contributed by atoms with Crippen LogP contribution in [0.2, 0.25) is 5.02 Å². The van der Waals surface area contributed by atoms with E-state index in [1.165, 1.54) is 0 Å². The molecule has 138 valence electrons. The van der Waals surface area contributed by atoms with Gasteiger partial charge in [0.1, 0.15) is 5.69 Å². The standard InChI is InChI=1S/C17H24ClN5O.ClH/c1-5-17(6-2,10-19)21-16(24)15-13(18)7-8-14(20-15)23-12(4)9-11(3)22-23;/h7-9H,5-6,10,19H2,1-4H3,(H,21,24);1H.